The SMILES string of the molecule is CCc1ccc(C(F)(F)F)c(C(=O)N2Cc3cnc(N4CCCC4)nc3C2)c1. The van der Waals surface area contributed by atoms with E-state index in [4.69, 9.17) is 0 Å². The van der Waals surface area contributed by atoms with E-state index >= 15 is 0 Å². The van der Waals surface area contributed by atoms with Crippen LogP contribution in [0.15, 0.2) is 24.4 Å². The Morgan fingerprint density at radius 3 is 2.61 bits per heavy atom. The third-order valence-electron chi connectivity index (χ3n) is 5.35. The summed E-state index contributed by atoms with van der Waals surface area (Å²) in [6.07, 6.45) is -0.135. The number of nitrogens with zero attached hydrogens (tertiary/aromatic N) is 4. The maximum absolute atomic E-state index is 13.4. The Balaban J connectivity index is 1.61. The fourth-order valence-corrected chi connectivity index (χ4v) is 3.76. The van der Waals surface area contributed by atoms with Crippen molar-refractivity contribution >= 4 is 11.9 Å². The van der Waals surface area contributed by atoms with E-state index in [1.54, 1.807) is 6.20 Å². The van der Waals surface area contributed by atoms with Gasteiger partial charge in [0.05, 0.1) is 23.4 Å². The van der Waals surface area contributed by atoms with E-state index in [0.717, 1.165) is 37.6 Å². The molecule has 148 valence electrons. The van der Waals surface area contributed by atoms with E-state index in [1.807, 2.05) is 6.92 Å². The Morgan fingerprint density at radius 1 is 1.18 bits per heavy atom. The number of benzene rings is 1. The molecule has 0 spiro atoms. The summed E-state index contributed by atoms with van der Waals surface area (Å²) >= 11 is 0. The zero-order valence-corrected chi connectivity index (χ0v) is 15.6. The molecule has 0 atom stereocenters. The molecule has 28 heavy (non-hydrogen) atoms. The minimum absolute atomic E-state index is 0.200. The summed E-state index contributed by atoms with van der Waals surface area (Å²) in [5.74, 6) is 0.0119. The number of amides is 1. The van der Waals surface area contributed by atoms with Crippen molar-refractivity contribution in [2.45, 2.75) is 45.5 Å². The lowest BCUT2D eigenvalue weighted by Gasteiger charge is -2.19. The maximum Gasteiger partial charge on any atom is 0.417 e. The third kappa shape index (κ3) is 3.43. The average molecular weight is 390 g/mol. The minimum Gasteiger partial charge on any atom is -0.341 e. The van der Waals surface area contributed by atoms with Crippen LogP contribution in [0.5, 0.6) is 0 Å². The van der Waals surface area contributed by atoms with E-state index in [9.17, 15) is 18.0 Å². The molecule has 1 saturated heterocycles. The molecule has 4 rings (SSSR count). The number of carbonyl (C=O) groups is 1. The first-order chi connectivity index (χ1) is 13.4. The summed E-state index contributed by atoms with van der Waals surface area (Å²) in [6, 6.07) is 3.78. The van der Waals surface area contributed by atoms with Crippen LogP contribution in [0.25, 0.3) is 0 Å². The Hall–Kier alpha value is -2.64. The van der Waals surface area contributed by atoms with Gasteiger partial charge in [-0.25, -0.2) is 9.97 Å². The van der Waals surface area contributed by atoms with Gasteiger partial charge < -0.3 is 9.80 Å². The lowest BCUT2D eigenvalue weighted by molar-refractivity contribution is -0.138. The molecule has 2 aliphatic rings. The number of hydrogen-bond donors (Lipinski definition) is 0. The highest BCUT2D eigenvalue weighted by molar-refractivity contribution is 5.96. The first kappa shape index (κ1) is 18.7. The largest absolute Gasteiger partial charge is 0.417 e. The number of carbonyl (C=O) groups excluding carboxylic acids is 1. The van der Waals surface area contributed by atoms with Crippen LogP contribution >= 0.6 is 0 Å². The highest BCUT2D eigenvalue weighted by Crippen LogP contribution is 2.34. The predicted octanol–water partition coefficient (Wildman–Crippen LogP) is 3.81. The quantitative estimate of drug-likeness (QED) is 0.800. The summed E-state index contributed by atoms with van der Waals surface area (Å²) in [4.78, 5) is 25.4. The van der Waals surface area contributed by atoms with E-state index in [-0.39, 0.29) is 18.7 Å². The smallest absolute Gasteiger partial charge is 0.341 e. The first-order valence-electron chi connectivity index (χ1n) is 9.46. The standard InChI is InChI=1S/C20H21F3N4O/c1-2-13-5-6-16(20(21,22)23)15(9-13)18(28)27-11-14-10-24-19(25-17(14)12-27)26-7-3-4-8-26/h5-6,9-10H,2-4,7-8,11-12H2,1H3. The molecule has 1 amide bonds. The molecule has 0 saturated carbocycles. The van der Waals surface area contributed by atoms with Crippen LogP contribution in [-0.4, -0.2) is 33.9 Å². The van der Waals surface area contributed by atoms with Crippen molar-refractivity contribution in [3.8, 4) is 0 Å². The lowest BCUT2D eigenvalue weighted by Crippen LogP contribution is -2.28. The molecule has 0 N–H and O–H groups in total. The molecule has 8 heteroatoms. The molecule has 0 bridgehead atoms. The molecular formula is C20H21F3N4O. The highest BCUT2D eigenvalue weighted by Gasteiger charge is 2.37. The van der Waals surface area contributed by atoms with Crippen LogP contribution < -0.4 is 4.90 Å². The normalized spacial score (nSPS) is 16.6. The Morgan fingerprint density at radius 2 is 1.93 bits per heavy atom. The molecule has 1 aromatic carbocycles. The molecule has 1 fully saturated rings. The van der Waals surface area contributed by atoms with Gasteiger partial charge in [-0.1, -0.05) is 13.0 Å². The number of anilines is 1. The maximum atomic E-state index is 13.4. The molecule has 2 aliphatic heterocycles. The Kier molecular flexibility index (Phi) is 4.72. The molecule has 0 unspecified atom stereocenters. The fraction of sp³-hybridized carbons (Fsp3) is 0.450. The zero-order valence-electron chi connectivity index (χ0n) is 15.6. The van der Waals surface area contributed by atoms with E-state index in [0.29, 0.717) is 23.6 Å². The van der Waals surface area contributed by atoms with Gasteiger partial charge in [-0.15, -0.1) is 0 Å². The van der Waals surface area contributed by atoms with Gasteiger partial charge in [0.15, 0.2) is 0 Å². The third-order valence-corrected chi connectivity index (χ3v) is 5.35. The first-order valence-corrected chi connectivity index (χ1v) is 9.46. The van der Waals surface area contributed by atoms with Gasteiger partial charge in [-0.05, 0) is 37.0 Å². The Bertz CT molecular complexity index is 907. The molecule has 1 aromatic heterocycles. The highest BCUT2D eigenvalue weighted by atomic mass is 19.4. The second-order valence-corrected chi connectivity index (χ2v) is 7.23. The number of aryl methyl sites for hydroxylation is 1. The second kappa shape index (κ2) is 7.07. The van der Waals surface area contributed by atoms with Crippen LogP contribution in [-0.2, 0) is 25.7 Å². The second-order valence-electron chi connectivity index (χ2n) is 7.23. The fourth-order valence-electron chi connectivity index (χ4n) is 3.76. The molecule has 5 nitrogen and oxygen atoms in total. The number of hydrogen-bond acceptors (Lipinski definition) is 4. The van der Waals surface area contributed by atoms with Crippen molar-refractivity contribution in [1.29, 1.82) is 0 Å². The van der Waals surface area contributed by atoms with Gasteiger partial charge in [0.25, 0.3) is 5.91 Å². The number of fused-ring (bicyclic) bond motifs is 1. The molecule has 0 aliphatic carbocycles. The summed E-state index contributed by atoms with van der Waals surface area (Å²) < 4.78 is 40.3. The monoisotopic (exact) mass is 390 g/mol. The summed E-state index contributed by atoms with van der Waals surface area (Å²) in [5, 5.41) is 0. The van der Waals surface area contributed by atoms with E-state index < -0.39 is 17.6 Å². The van der Waals surface area contributed by atoms with E-state index in [2.05, 4.69) is 14.9 Å². The van der Waals surface area contributed by atoms with Crippen molar-refractivity contribution in [1.82, 2.24) is 14.9 Å². The van der Waals surface area contributed by atoms with Crippen molar-refractivity contribution in [3.05, 3.63) is 52.3 Å². The molecule has 0 radical (unpaired) electrons. The zero-order chi connectivity index (χ0) is 19.9. The van der Waals surface area contributed by atoms with E-state index in [1.165, 1.54) is 17.0 Å². The van der Waals surface area contributed by atoms with Crippen molar-refractivity contribution in [3.63, 3.8) is 0 Å². The van der Waals surface area contributed by atoms with Crippen LogP contribution in [0.4, 0.5) is 19.1 Å². The predicted molar refractivity (Wildman–Crippen MR) is 97.9 cm³/mol. The molecule has 3 heterocycles. The minimum atomic E-state index is -4.58. The Labute approximate surface area is 161 Å². The van der Waals surface area contributed by atoms with Crippen LogP contribution in [0.3, 0.4) is 0 Å². The van der Waals surface area contributed by atoms with Crippen LogP contribution in [0.2, 0.25) is 0 Å². The van der Waals surface area contributed by atoms with Crippen molar-refractivity contribution in [2.24, 2.45) is 0 Å². The molecule has 2 aromatic rings. The van der Waals surface area contributed by atoms with Gasteiger partial charge in [-0.2, -0.15) is 13.2 Å². The van der Waals surface area contributed by atoms with Crippen molar-refractivity contribution in [2.75, 3.05) is 18.0 Å². The summed E-state index contributed by atoms with van der Waals surface area (Å²) in [7, 11) is 0. The van der Waals surface area contributed by atoms with Gasteiger partial charge >= 0.3 is 6.18 Å². The summed E-state index contributed by atoms with van der Waals surface area (Å²) in [5.41, 5.74) is 1.01. The number of halogens is 3. The lowest BCUT2D eigenvalue weighted by atomic mass is 10.0. The van der Waals surface area contributed by atoms with Gasteiger partial charge in [0, 0.05) is 31.4 Å². The van der Waals surface area contributed by atoms with Gasteiger partial charge in [-0.3, -0.25) is 4.79 Å². The van der Waals surface area contributed by atoms with Crippen LogP contribution in [0.1, 0.15) is 52.5 Å². The van der Waals surface area contributed by atoms with Gasteiger partial charge in [0.2, 0.25) is 5.95 Å². The number of rotatable bonds is 3. The average Bonchev–Trinajstić information content (AvgIpc) is 3.35. The number of aromatic nitrogens is 2. The topological polar surface area (TPSA) is 49.3 Å². The number of alkyl halides is 3. The summed E-state index contributed by atoms with van der Waals surface area (Å²) in [6.45, 7) is 4.08. The van der Waals surface area contributed by atoms with Crippen molar-refractivity contribution < 1.29 is 18.0 Å². The molecular weight excluding hydrogens is 369 g/mol. The van der Waals surface area contributed by atoms with Crippen LogP contribution in [0, 0.1) is 0 Å². The van der Waals surface area contributed by atoms with Gasteiger partial charge in [0.1, 0.15) is 0 Å².